The minimum absolute atomic E-state index is 0.00643. The number of carbonyl (C=O) groups is 1. The van der Waals surface area contributed by atoms with Crippen LogP contribution in [0, 0.1) is 0 Å². The molecule has 21 heavy (non-hydrogen) atoms. The summed E-state index contributed by atoms with van der Waals surface area (Å²) >= 11 is 3.03. The monoisotopic (exact) mass is 326 g/mol. The molecule has 0 aliphatic rings. The highest BCUT2D eigenvalue weighted by atomic mass is 32.2. The van der Waals surface area contributed by atoms with Gasteiger partial charge in [0.2, 0.25) is 5.91 Å². The molecule has 114 valence electrons. The lowest BCUT2D eigenvalue weighted by molar-refractivity contribution is -0.116. The highest BCUT2D eigenvalue weighted by molar-refractivity contribution is 7.98. The van der Waals surface area contributed by atoms with Crippen LogP contribution < -0.4 is 10.6 Å². The largest absolute Gasteiger partial charge is 0.324 e. The third-order valence-electron chi connectivity index (χ3n) is 2.92. The summed E-state index contributed by atoms with van der Waals surface area (Å²) in [6, 6.07) is 0. The maximum Gasteiger partial charge on any atom is 0.225 e. The smallest absolute Gasteiger partial charge is 0.225 e. The summed E-state index contributed by atoms with van der Waals surface area (Å²) in [6.45, 7) is 4.48. The van der Waals surface area contributed by atoms with Gasteiger partial charge in [-0.2, -0.15) is 0 Å². The van der Waals surface area contributed by atoms with Gasteiger partial charge < -0.3 is 10.3 Å². The molecule has 2 heterocycles. The lowest BCUT2D eigenvalue weighted by Crippen LogP contribution is -2.27. The first kappa shape index (κ1) is 15.9. The van der Waals surface area contributed by atoms with E-state index in [-0.39, 0.29) is 5.91 Å². The van der Waals surface area contributed by atoms with Crippen LogP contribution in [0.1, 0.15) is 25.4 Å². The van der Waals surface area contributed by atoms with Crippen molar-refractivity contribution in [2.75, 3.05) is 11.4 Å². The minimum atomic E-state index is 0.00643. The summed E-state index contributed by atoms with van der Waals surface area (Å²) in [5, 5.41) is 11.6. The van der Waals surface area contributed by atoms with Crippen LogP contribution in [0.5, 0.6) is 0 Å². The molecule has 0 aliphatic heterocycles. The lowest BCUT2D eigenvalue weighted by Gasteiger charge is -2.14. The molecule has 0 bridgehead atoms. The van der Waals surface area contributed by atoms with E-state index in [0.717, 1.165) is 21.8 Å². The third kappa shape index (κ3) is 3.60. The van der Waals surface area contributed by atoms with Crippen molar-refractivity contribution in [3.8, 4) is 0 Å². The highest BCUT2D eigenvalue weighted by Crippen LogP contribution is 2.26. The van der Waals surface area contributed by atoms with E-state index in [2.05, 4.69) is 15.2 Å². The number of aromatic nitrogens is 4. The van der Waals surface area contributed by atoms with Gasteiger partial charge in [-0.3, -0.25) is 9.69 Å². The Bertz CT molecular complexity index is 623. The molecule has 0 saturated carbocycles. The fourth-order valence-corrected chi connectivity index (χ4v) is 3.63. The second kappa shape index (κ2) is 7.01. The van der Waals surface area contributed by atoms with Gasteiger partial charge in [-0.25, -0.2) is 4.98 Å². The Morgan fingerprint density at radius 1 is 1.52 bits per heavy atom. The van der Waals surface area contributed by atoms with Crippen molar-refractivity contribution in [2.24, 2.45) is 12.8 Å². The number of thioether (sulfide) groups is 1. The molecule has 2 rings (SSSR count). The van der Waals surface area contributed by atoms with Crippen LogP contribution in [0.4, 0.5) is 5.13 Å². The Hall–Kier alpha value is -1.45. The number of carbonyl (C=O) groups excluding carboxylic acids is 1. The van der Waals surface area contributed by atoms with E-state index in [1.165, 1.54) is 11.3 Å². The van der Waals surface area contributed by atoms with Gasteiger partial charge in [0.15, 0.2) is 10.3 Å². The predicted molar refractivity (Wildman–Crippen MR) is 84.3 cm³/mol. The Morgan fingerprint density at radius 3 is 2.86 bits per heavy atom. The van der Waals surface area contributed by atoms with E-state index in [4.69, 9.17) is 5.73 Å². The highest BCUT2D eigenvalue weighted by Gasteiger charge is 2.14. The van der Waals surface area contributed by atoms with Crippen LogP contribution in [-0.2, 0) is 24.1 Å². The fourth-order valence-electron chi connectivity index (χ4n) is 1.77. The maximum atomic E-state index is 11.5. The van der Waals surface area contributed by atoms with Crippen molar-refractivity contribution < 1.29 is 4.79 Å². The van der Waals surface area contributed by atoms with Gasteiger partial charge in [0.25, 0.3) is 0 Å². The number of hydrogen-bond acceptors (Lipinski definition) is 7. The quantitative estimate of drug-likeness (QED) is 0.807. The number of amides is 1. The molecule has 0 fully saturated rings. The van der Waals surface area contributed by atoms with Crippen molar-refractivity contribution in [3.05, 3.63) is 16.9 Å². The van der Waals surface area contributed by atoms with E-state index < -0.39 is 0 Å². The normalized spacial score (nSPS) is 10.9. The molecule has 0 unspecified atom stereocenters. The summed E-state index contributed by atoms with van der Waals surface area (Å²) in [6.07, 6.45) is 0. The number of anilines is 1. The summed E-state index contributed by atoms with van der Waals surface area (Å²) in [5.41, 5.74) is 6.50. The van der Waals surface area contributed by atoms with E-state index >= 15 is 0 Å². The van der Waals surface area contributed by atoms with Crippen LogP contribution in [0.3, 0.4) is 0 Å². The minimum Gasteiger partial charge on any atom is -0.324 e. The lowest BCUT2D eigenvalue weighted by atomic mass is 10.5. The third-order valence-corrected chi connectivity index (χ3v) is 4.89. The first-order chi connectivity index (χ1) is 10.1. The molecule has 0 aromatic carbocycles. The summed E-state index contributed by atoms with van der Waals surface area (Å²) < 4.78 is 1.88. The predicted octanol–water partition coefficient (Wildman–Crippen LogP) is 1.40. The Morgan fingerprint density at radius 2 is 2.29 bits per heavy atom. The van der Waals surface area contributed by atoms with E-state index in [1.54, 1.807) is 23.6 Å². The second-order valence-electron chi connectivity index (χ2n) is 4.34. The number of hydrogen-bond donors (Lipinski definition) is 1. The maximum absolute atomic E-state index is 11.5. The fraction of sp³-hybridized carbons (Fsp3) is 0.500. The molecule has 0 spiro atoms. The number of nitrogens with two attached hydrogens (primary N) is 1. The standard InChI is InChI=1S/C12H18N6OS2/c1-4-18(8(2)19)11-14-9(6-20-11)7-21-12-16-15-10(5-13)17(12)3/h6H,4-5,7,13H2,1-3H3. The molecule has 0 radical (unpaired) electrons. The summed E-state index contributed by atoms with van der Waals surface area (Å²) in [7, 11) is 1.89. The van der Waals surface area contributed by atoms with E-state index in [0.29, 0.717) is 18.8 Å². The average Bonchev–Trinajstić information content (AvgIpc) is 3.04. The average molecular weight is 326 g/mol. The molecule has 7 nitrogen and oxygen atoms in total. The van der Waals surface area contributed by atoms with Crippen molar-refractivity contribution >= 4 is 34.1 Å². The second-order valence-corrected chi connectivity index (χ2v) is 6.11. The van der Waals surface area contributed by atoms with Gasteiger partial charge in [0, 0.05) is 31.6 Å². The molecule has 9 heteroatoms. The number of rotatable bonds is 6. The first-order valence-electron chi connectivity index (χ1n) is 6.50. The number of nitrogens with zero attached hydrogens (tertiary/aromatic N) is 5. The summed E-state index contributed by atoms with van der Waals surface area (Å²) in [4.78, 5) is 17.7. The van der Waals surface area contributed by atoms with E-state index in [1.807, 2.05) is 23.9 Å². The Labute approximate surface area is 131 Å². The Balaban J connectivity index is 2.02. The molecule has 2 aromatic rings. The SMILES string of the molecule is CCN(C(C)=O)c1nc(CSc2nnc(CN)n2C)cs1. The van der Waals surface area contributed by atoms with Crippen molar-refractivity contribution in [2.45, 2.75) is 31.3 Å². The molecule has 0 saturated heterocycles. The van der Waals surface area contributed by atoms with Gasteiger partial charge >= 0.3 is 0 Å². The molecule has 2 N–H and O–H groups in total. The van der Waals surface area contributed by atoms with Crippen LogP contribution >= 0.6 is 23.1 Å². The number of thiazole rings is 1. The van der Waals surface area contributed by atoms with Gasteiger partial charge in [-0.05, 0) is 6.92 Å². The van der Waals surface area contributed by atoms with Crippen LogP contribution in [-0.4, -0.2) is 32.2 Å². The molecule has 1 amide bonds. The van der Waals surface area contributed by atoms with Gasteiger partial charge in [-0.15, -0.1) is 21.5 Å². The zero-order valence-corrected chi connectivity index (χ0v) is 13.9. The molecule has 0 atom stereocenters. The first-order valence-corrected chi connectivity index (χ1v) is 8.37. The summed E-state index contributed by atoms with van der Waals surface area (Å²) in [5.74, 6) is 1.44. The molecule has 2 aromatic heterocycles. The topological polar surface area (TPSA) is 89.9 Å². The van der Waals surface area contributed by atoms with Gasteiger partial charge in [0.1, 0.15) is 5.82 Å². The molecular formula is C12H18N6OS2. The van der Waals surface area contributed by atoms with Gasteiger partial charge in [-0.1, -0.05) is 11.8 Å². The zero-order chi connectivity index (χ0) is 15.4. The van der Waals surface area contributed by atoms with Crippen LogP contribution in [0.25, 0.3) is 0 Å². The van der Waals surface area contributed by atoms with Crippen molar-refractivity contribution in [1.29, 1.82) is 0 Å². The van der Waals surface area contributed by atoms with Crippen LogP contribution in [0.15, 0.2) is 10.5 Å². The van der Waals surface area contributed by atoms with Crippen molar-refractivity contribution in [1.82, 2.24) is 19.7 Å². The molecular weight excluding hydrogens is 308 g/mol. The molecule has 0 aliphatic carbocycles. The van der Waals surface area contributed by atoms with Gasteiger partial charge in [0.05, 0.1) is 12.2 Å². The van der Waals surface area contributed by atoms with Crippen LogP contribution in [0.2, 0.25) is 0 Å². The van der Waals surface area contributed by atoms with Crippen molar-refractivity contribution in [3.63, 3.8) is 0 Å². The zero-order valence-electron chi connectivity index (χ0n) is 12.2. The Kier molecular flexibility index (Phi) is 5.32. The van der Waals surface area contributed by atoms with E-state index in [9.17, 15) is 4.79 Å².